The summed E-state index contributed by atoms with van der Waals surface area (Å²) in [5.74, 6) is -0.245. The lowest BCUT2D eigenvalue weighted by molar-refractivity contribution is -0.103. The van der Waals surface area contributed by atoms with Crippen LogP contribution in [0.3, 0.4) is 0 Å². The van der Waals surface area contributed by atoms with Gasteiger partial charge in [-0.1, -0.05) is 54.1 Å². The second kappa shape index (κ2) is 7.25. The van der Waals surface area contributed by atoms with E-state index in [0.29, 0.717) is 16.3 Å². The summed E-state index contributed by atoms with van der Waals surface area (Å²) in [6.07, 6.45) is 1.74. The van der Waals surface area contributed by atoms with Crippen molar-refractivity contribution in [2.75, 3.05) is 0 Å². The maximum absolute atomic E-state index is 11.4. The van der Waals surface area contributed by atoms with E-state index in [-0.39, 0.29) is 5.60 Å². The van der Waals surface area contributed by atoms with Gasteiger partial charge in [0.2, 0.25) is 0 Å². The molecular weight excluding hydrogens is 384 g/mol. The van der Waals surface area contributed by atoms with E-state index in [1.54, 1.807) is 6.08 Å². The minimum absolute atomic E-state index is 0.321. The van der Waals surface area contributed by atoms with Crippen molar-refractivity contribution in [1.82, 2.24) is 0 Å². The van der Waals surface area contributed by atoms with E-state index in [1.165, 1.54) is 0 Å². The minimum atomic E-state index is -1.57. The normalized spacial score (nSPS) is 18.4. The van der Waals surface area contributed by atoms with Gasteiger partial charge in [0.25, 0.3) is 5.79 Å². The van der Waals surface area contributed by atoms with Crippen molar-refractivity contribution in [3.8, 4) is 11.5 Å². The van der Waals surface area contributed by atoms with Crippen molar-refractivity contribution in [1.29, 1.82) is 0 Å². The van der Waals surface area contributed by atoms with Crippen LogP contribution >= 0.6 is 11.6 Å². The maximum Gasteiger partial charge on any atom is 0.255 e. The molecular formula is C25H23ClO3. The summed E-state index contributed by atoms with van der Waals surface area (Å²) < 4.78 is 12.1. The van der Waals surface area contributed by atoms with Crippen LogP contribution in [0, 0.1) is 0 Å². The van der Waals surface area contributed by atoms with Crippen molar-refractivity contribution in [2.24, 2.45) is 0 Å². The summed E-state index contributed by atoms with van der Waals surface area (Å²) in [5, 5.41) is 12.0. The van der Waals surface area contributed by atoms with Gasteiger partial charge < -0.3 is 14.6 Å². The van der Waals surface area contributed by atoms with E-state index in [1.807, 2.05) is 93.6 Å². The van der Waals surface area contributed by atoms with Gasteiger partial charge in [-0.25, -0.2) is 0 Å². The minimum Gasteiger partial charge on any atom is -0.488 e. The van der Waals surface area contributed by atoms with Crippen LogP contribution in [0.1, 0.15) is 37.5 Å². The highest BCUT2D eigenvalue weighted by molar-refractivity contribution is 6.30. The van der Waals surface area contributed by atoms with Crippen LogP contribution < -0.4 is 9.47 Å². The molecule has 0 radical (unpaired) electrons. The van der Waals surface area contributed by atoms with Gasteiger partial charge in [-0.3, -0.25) is 0 Å². The van der Waals surface area contributed by atoms with Gasteiger partial charge in [0.15, 0.2) is 0 Å². The van der Waals surface area contributed by atoms with Crippen molar-refractivity contribution in [3.05, 3.63) is 101 Å². The zero-order chi connectivity index (χ0) is 20.6. The van der Waals surface area contributed by atoms with Gasteiger partial charge in [0.1, 0.15) is 17.1 Å². The van der Waals surface area contributed by atoms with Crippen molar-refractivity contribution < 1.29 is 14.6 Å². The Morgan fingerprint density at radius 1 is 0.931 bits per heavy atom. The second-order valence-electron chi connectivity index (χ2n) is 8.10. The number of hydrogen-bond donors (Lipinski definition) is 1. The molecule has 0 aromatic heterocycles. The molecule has 1 atom stereocenters. The summed E-state index contributed by atoms with van der Waals surface area (Å²) in [5.41, 5.74) is 2.98. The Balaban J connectivity index is 1.87. The predicted molar refractivity (Wildman–Crippen MR) is 116 cm³/mol. The summed E-state index contributed by atoms with van der Waals surface area (Å²) >= 11 is 6.09. The first-order chi connectivity index (χ1) is 13.7. The molecule has 1 heterocycles. The Bertz CT molecular complexity index is 1050. The smallest absolute Gasteiger partial charge is 0.255 e. The van der Waals surface area contributed by atoms with Gasteiger partial charge in [-0.15, -0.1) is 0 Å². The van der Waals surface area contributed by atoms with Gasteiger partial charge >= 0.3 is 0 Å². The molecule has 3 aromatic rings. The highest BCUT2D eigenvalue weighted by Crippen LogP contribution is 2.44. The Morgan fingerprint density at radius 3 is 2.28 bits per heavy atom. The monoisotopic (exact) mass is 406 g/mol. The van der Waals surface area contributed by atoms with Crippen LogP contribution in [-0.4, -0.2) is 10.7 Å². The van der Waals surface area contributed by atoms with Crippen LogP contribution in [0.5, 0.6) is 11.5 Å². The molecule has 1 N–H and O–H groups in total. The highest BCUT2D eigenvalue weighted by atomic mass is 35.5. The zero-order valence-corrected chi connectivity index (χ0v) is 17.4. The van der Waals surface area contributed by atoms with Gasteiger partial charge in [0.05, 0.1) is 0 Å². The molecule has 4 heteroatoms. The summed E-state index contributed by atoms with van der Waals surface area (Å²) in [6.45, 7) is 6.02. The van der Waals surface area contributed by atoms with Crippen LogP contribution in [0.15, 0.2) is 78.9 Å². The number of benzene rings is 3. The third-order valence-electron chi connectivity index (χ3n) is 4.61. The average Bonchev–Trinajstić information content (AvgIpc) is 2.68. The highest BCUT2D eigenvalue weighted by Gasteiger charge is 2.36. The molecule has 4 rings (SSSR count). The SMILES string of the molecule is CC(C)(C)Oc1ccc2c(c1)C(c1ccc(Cl)cc1)=CC(O)(c1ccccc1)O2. The fourth-order valence-corrected chi connectivity index (χ4v) is 3.51. The third kappa shape index (κ3) is 4.16. The van der Waals surface area contributed by atoms with E-state index < -0.39 is 5.79 Å². The lowest BCUT2D eigenvalue weighted by atomic mass is 9.90. The third-order valence-corrected chi connectivity index (χ3v) is 4.87. The van der Waals surface area contributed by atoms with Crippen molar-refractivity contribution >= 4 is 17.2 Å². The van der Waals surface area contributed by atoms with Crippen LogP contribution in [0.4, 0.5) is 0 Å². The van der Waals surface area contributed by atoms with Gasteiger partial charge in [0, 0.05) is 22.2 Å². The van der Waals surface area contributed by atoms with Crippen LogP contribution in [0.25, 0.3) is 5.57 Å². The Morgan fingerprint density at radius 2 is 1.62 bits per heavy atom. The Hall–Kier alpha value is -2.75. The van der Waals surface area contributed by atoms with Crippen molar-refractivity contribution in [2.45, 2.75) is 32.2 Å². The van der Waals surface area contributed by atoms with Crippen LogP contribution in [-0.2, 0) is 5.79 Å². The Kier molecular flexibility index (Phi) is 4.89. The molecule has 3 nitrogen and oxygen atoms in total. The van der Waals surface area contributed by atoms with E-state index in [4.69, 9.17) is 21.1 Å². The molecule has 0 amide bonds. The van der Waals surface area contributed by atoms with E-state index in [2.05, 4.69) is 0 Å². The number of aliphatic hydroxyl groups is 1. The fraction of sp³-hybridized carbons (Fsp3) is 0.200. The van der Waals surface area contributed by atoms with E-state index in [0.717, 1.165) is 22.4 Å². The quantitative estimate of drug-likeness (QED) is 0.563. The van der Waals surface area contributed by atoms with E-state index >= 15 is 0 Å². The number of halogens is 1. The molecule has 0 fully saturated rings. The summed E-state index contributed by atoms with van der Waals surface area (Å²) in [6, 6.07) is 22.6. The number of rotatable bonds is 3. The topological polar surface area (TPSA) is 38.7 Å². The summed E-state index contributed by atoms with van der Waals surface area (Å²) in [7, 11) is 0. The van der Waals surface area contributed by atoms with Crippen molar-refractivity contribution in [3.63, 3.8) is 0 Å². The number of hydrogen-bond acceptors (Lipinski definition) is 3. The fourth-order valence-electron chi connectivity index (χ4n) is 3.38. The zero-order valence-electron chi connectivity index (χ0n) is 16.6. The molecule has 1 unspecified atom stereocenters. The second-order valence-corrected chi connectivity index (χ2v) is 8.54. The Labute approximate surface area is 176 Å². The first kappa shape index (κ1) is 19.6. The van der Waals surface area contributed by atoms with Crippen LogP contribution in [0.2, 0.25) is 5.02 Å². The number of ether oxygens (including phenoxy) is 2. The number of fused-ring (bicyclic) bond motifs is 1. The van der Waals surface area contributed by atoms with Gasteiger partial charge in [-0.05, 0) is 62.2 Å². The molecule has 3 aromatic carbocycles. The molecule has 0 spiro atoms. The predicted octanol–water partition coefficient (Wildman–Crippen LogP) is 6.19. The largest absolute Gasteiger partial charge is 0.488 e. The lowest BCUT2D eigenvalue weighted by Crippen LogP contribution is -2.33. The standard InChI is InChI=1S/C25H23ClO3/c1-24(2,3)28-20-13-14-23-21(15-20)22(17-9-11-19(26)12-10-17)16-25(27,29-23)18-7-5-4-6-8-18/h4-16,27H,1-3H3. The van der Waals surface area contributed by atoms with E-state index in [9.17, 15) is 5.11 Å². The van der Waals surface area contributed by atoms with Gasteiger partial charge in [-0.2, -0.15) is 0 Å². The molecule has 0 saturated heterocycles. The molecule has 0 aliphatic carbocycles. The molecule has 148 valence electrons. The molecule has 1 aliphatic rings. The molecule has 1 aliphatic heterocycles. The lowest BCUT2D eigenvalue weighted by Gasteiger charge is -2.33. The molecule has 0 saturated carbocycles. The molecule has 29 heavy (non-hydrogen) atoms. The first-order valence-corrected chi connectivity index (χ1v) is 9.90. The first-order valence-electron chi connectivity index (χ1n) is 9.53. The molecule has 0 bridgehead atoms. The average molecular weight is 407 g/mol. The summed E-state index contributed by atoms with van der Waals surface area (Å²) in [4.78, 5) is 0. The maximum atomic E-state index is 11.4.